The first-order valence-electron chi connectivity index (χ1n) is 9.01. The highest BCUT2D eigenvalue weighted by Crippen LogP contribution is 2.61. The summed E-state index contributed by atoms with van der Waals surface area (Å²) in [5.74, 6) is 0.406. The second kappa shape index (κ2) is 5.67. The van der Waals surface area contributed by atoms with Gasteiger partial charge in [-0.1, -0.05) is 0 Å². The fourth-order valence-corrected chi connectivity index (χ4v) is 3.97. The molecular formula is C17H24N4O5. The Labute approximate surface area is 151 Å². The van der Waals surface area contributed by atoms with Crippen LogP contribution in [-0.4, -0.2) is 55.6 Å². The molecule has 3 heterocycles. The number of ether oxygens (including phenoxy) is 1. The van der Waals surface area contributed by atoms with Gasteiger partial charge in [-0.25, -0.2) is 9.86 Å². The second-order valence-electron chi connectivity index (χ2n) is 8.50. The Morgan fingerprint density at radius 2 is 2.12 bits per heavy atom. The first-order chi connectivity index (χ1) is 12.2. The van der Waals surface area contributed by atoms with Crippen LogP contribution in [0.3, 0.4) is 0 Å². The molecule has 26 heavy (non-hydrogen) atoms. The van der Waals surface area contributed by atoms with Crippen LogP contribution in [-0.2, 0) is 16.0 Å². The lowest BCUT2D eigenvalue weighted by Gasteiger charge is -2.34. The van der Waals surface area contributed by atoms with E-state index in [0.29, 0.717) is 31.2 Å². The first kappa shape index (κ1) is 17.3. The molecule has 4 rings (SSSR count). The van der Waals surface area contributed by atoms with Gasteiger partial charge in [0.1, 0.15) is 11.6 Å². The number of fused-ring (bicyclic) bond motifs is 3. The molecule has 1 aromatic rings. The Morgan fingerprint density at radius 3 is 2.77 bits per heavy atom. The van der Waals surface area contributed by atoms with Crippen molar-refractivity contribution < 1.29 is 24.0 Å². The van der Waals surface area contributed by atoms with Gasteiger partial charge in [0.2, 0.25) is 11.8 Å². The number of aromatic nitrogens is 2. The highest BCUT2D eigenvalue weighted by Gasteiger charge is 2.63. The number of aryl methyl sites for hydroxylation is 1. The third-order valence-corrected chi connectivity index (χ3v) is 5.41. The zero-order chi connectivity index (χ0) is 18.7. The molecule has 2 bridgehead atoms. The minimum Gasteiger partial charge on any atom is -0.460 e. The van der Waals surface area contributed by atoms with E-state index in [0.717, 1.165) is 17.9 Å². The molecule has 1 spiro atoms. The molecule has 0 aromatic carbocycles. The van der Waals surface area contributed by atoms with Gasteiger partial charge in [0.25, 0.3) is 0 Å². The summed E-state index contributed by atoms with van der Waals surface area (Å²) in [4.78, 5) is 25.7. The molecule has 1 aromatic heterocycles. The molecule has 1 aliphatic carbocycles. The molecule has 9 heteroatoms. The largest absolute Gasteiger partial charge is 0.460 e. The molecule has 3 aliphatic rings. The summed E-state index contributed by atoms with van der Waals surface area (Å²) in [6.45, 7) is 5.93. The van der Waals surface area contributed by atoms with Crippen molar-refractivity contribution >= 4 is 12.0 Å². The van der Waals surface area contributed by atoms with Crippen LogP contribution in [0.5, 0.6) is 0 Å². The normalized spacial score (nSPS) is 26.5. The quantitative estimate of drug-likeness (QED) is 0.643. The Hall–Kier alpha value is -2.16. The molecule has 0 radical (unpaired) electrons. The minimum absolute atomic E-state index is 0.0345. The molecular weight excluding hydrogens is 340 g/mol. The lowest BCUT2D eigenvalue weighted by Crippen LogP contribution is -2.41. The maximum atomic E-state index is 12.3. The van der Waals surface area contributed by atoms with Crippen molar-refractivity contribution in [1.82, 2.24) is 20.2 Å². The van der Waals surface area contributed by atoms with E-state index >= 15 is 0 Å². The number of piperidine rings is 1. The summed E-state index contributed by atoms with van der Waals surface area (Å²) >= 11 is 0. The number of carbonyl (C=O) groups excluding carboxylic acids is 2. The summed E-state index contributed by atoms with van der Waals surface area (Å²) in [5.41, 5.74) is -0.562. The first-order valence-corrected chi connectivity index (χ1v) is 9.01. The van der Waals surface area contributed by atoms with Crippen LogP contribution < -0.4 is 0 Å². The SMILES string of the molecule is CC(C)(C)OC(=O)CCc1nnc([C@@H]2CC3(CC3)[C@@H]3CN2C(=O)N3O)o1. The molecule has 2 atom stereocenters. The fraction of sp³-hybridized carbons (Fsp3) is 0.765. The van der Waals surface area contributed by atoms with E-state index < -0.39 is 11.6 Å². The predicted molar refractivity (Wildman–Crippen MR) is 87.0 cm³/mol. The highest BCUT2D eigenvalue weighted by atomic mass is 16.6. The van der Waals surface area contributed by atoms with Gasteiger partial charge in [0.05, 0.1) is 12.5 Å². The summed E-state index contributed by atoms with van der Waals surface area (Å²) in [6, 6.07) is -0.862. The van der Waals surface area contributed by atoms with Gasteiger partial charge in [-0.3, -0.25) is 10.0 Å². The van der Waals surface area contributed by atoms with Gasteiger partial charge < -0.3 is 14.1 Å². The maximum Gasteiger partial charge on any atom is 0.344 e. The van der Waals surface area contributed by atoms with Crippen molar-refractivity contribution in [2.75, 3.05) is 6.54 Å². The van der Waals surface area contributed by atoms with Crippen LogP contribution in [0.4, 0.5) is 4.79 Å². The van der Waals surface area contributed by atoms with E-state index in [4.69, 9.17) is 9.15 Å². The molecule has 1 saturated carbocycles. The highest BCUT2D eigenvalue weighted by molar-refractivity contribution is 5.77. The van der Waals surface area contributed by atoms with Gasteiger partial charge in [0.15, 0.2) is 0 Å². The molecule has 2 amide bonds. The lowest BCUT2D eigenvalue weighted by molar-refractivity contribution is -0.154. The smallest absolute Gasteiger partial charge is 0.344 e. The number of nitrogens with zero attached hydrogens (tertiary/aromatic N) is 4. The Bertz CT molecular complexity index is 736. The van der Waals surface area contributed by atoms with Gasteiger partial charge in [-0.2, -0.15) is 0 Å². The molecule has 0 unspecified atom stereocenters. The van der Waals surface area contributed by atoms with E-state index in [1.807, 2.05) is 20.8 Å². The van der Waals surface area contributed by atoms with Crippen molar-refractivity contribution in [3.05, 3.63) is 11.8 Å². The van der Waals surface area contributed by atoms with E-state index in [9.17, 15) is 14.8 Å². The number of rotatable bonds is 4. The molecule has 9 nitrogen and oxygen atoms in total. The average Bonchev–Trinajstić information content (AvgIpc) is 3.06. The van der Waals surface area contributed by atoms with E-state index in [1.54, 1.807) is 4.90 Å². The molecule has 2 saturated heterocycles. The summed E-state index contributed by atoms with van der Waals surface area (Å²) in [7, 11) is 0. The Morgan fingerprint density at radius 1 is 1.38 bits per heavy atom. The zero-order valence-electron chi connectivity index (χ0n) is 15.3. The van der Waals surface area contributed by atoms with E-state index in [-0.39, 0.29) is 29.9 Å². The number of hydroxylamine groups is 2. The number of amides is 2. The topological polar surface area (TPSA) is 109 Å². The second-order valence-corrected chi connectivity index (χ2v) is 8.50. The van der Waals surface area contributed by atoms with Crippen LogP contribution in [0.15, 0.2) is 4.42 Å². The summed E-state index contributed by atoms with van der Waals surface area (Å²) in [5, 5.41) is 19.1. The summed E-state index contributed by atoms with van der Waals surface area (Å²) in [6.07, 6.45) is 3.15. The maximum absolute atomic E-state index is 12.3. The van der Waals surface area contributed by atoms with Crippen molar-refractivity contribution in [2.45, 2.75) is 70.6 Å². The van der Waals surface area contributed by atoms with Gasteiger partial charge >= 0.3 is 12.0 Å². The zero-order valence-corrected chi connectivity index (χ0v) is 15.3. The number of urea groups is 1. The van der Waals surface area contributed by atoms with Crippen LogP contribution in [0.1, 0.15) is 64.3 Å². The van der Waals surface area contributed by atoms with Crippen LogP contribution >= 0.6 is 0 Å². The van der Waals surface area contributed by atoms with Crippen molar-refractivity contribution in [1.29, 1.82) is 0 Å². The van der Waals surface area contributed by atoms with Crippen LogP contribution in [0.25, 0.3) is 0 Å². The van der Waals surface area contributed by atoms with Gasteiger partial charge in [0, 0.05) is 13.0 Å². The standard InChI is InChI=1S/C17H24N4O5/c1-16(2,3)26-13(22)5-4-12-18-19-14(25-12)10-8-17(6-7-17)11-9-20(10)15(23)21(11)24/h10-11,24H,4-9H2,1-3H3/t10-,11-/m0/s1. The number of hydrogen-bond donors (Lipinski definition) is 1. The predicted octanol–water partition coefficient (Wildman–Crippen LogP) is 2.06. The van der Waals surface area contributed by atoms with Gasteiger partial charge in [-0.05, 0) is 45.4 Å². The van der Waals surface area contributed by atoms with Crippen molar-refractivity contribution in [3.8, 4) is 0 Å². The molecule has 2 aliphatic heterocycles. The fourth-order valence-electron chi connectivity index (χ4n) is 3.97. The Kier molecular flexibility index (Phi) is 3.76. The third-order valence-electron chi connectivity index (χ3n) is 5.41. The third kappa shape index (κ3) is 2.94. The number of hydrogen-bond acceptors (Lipinski definition) is 7. The van der Waals surface area contributed by atoms with Crippen molar-refractivity contribution in [2.24, 2.45) is 5.41 Å². The summed E-state index contributed by atoms with van der Waals surface area (Å²) < 4.78 is 11.0. The minimum atomic E-state index is -0.527. The van der Waals surface area contributed by atoms with E-state index in [2.05, 4.69) is 10.2 Å². The Balaban J connectivity index is 1.43. The van der Waals surface area contributed by atoms with Crippen molar-refractivity contribution in [3.63, 3.8) is 0 Å². The number of esters is 1. The average molecular weight is 364 g/mol. The van der Waals surface area contributed by atoms with Crippen LogP contribution in [0, 0.1) is 5.41 Å². The monoisotopic (exact) mass is 364 g/mol. The van der Waals surface area contributed by atoms with Gasteiger partial charge in [-0.15, -0.1) is 10.2 Å². The molecule has 1 N–H and O–H groups in total. The molecule has 3 fully saturated rings. The van der Waals surface area contributed by atoms with E-state index in [1.165, 1.54) is 0 Å². The number of carbonyl (C=O) groups is 2. The lowest BCUT2D eigenvalue weighted by atomic mass is 9.85. The van der Waals surface area contributed by atoms with Crippen LogP contribution in [0.2, 0.25) is 0 Å². The molecule has 142 valence electrons.